The zero-order valence-corrected chi connectivity index (χ0v) is 18.6. The van der Waals surface area contributed by atoms with Gasteiger partial charge in [-0.3, -0.25) is 30.1 Å². The summed E-state index contributed by atoms with van der Waals surface area (Å²) in [5, 5.41) is 10.9. The maximum absolute atomic E-state index is 13.1. The highest BCUT2D eigenvalue weighted by atomic mass is 32.1. The predicted octanol–water partition coefficient (Wildman–Crippen LogP) is 2.57. The van der Waals surface area contributed by atoms with Gasteiger partial charge in [0.2, 0.25) is 0 Å². The molecule has 0 bridgehead atoms. The maximum Gasteiger partial charge on any atom is 0.434 e. The average molecular weight is 500 g/mol. The predicted molar refractivity (Wildman–Crippen MR) is 119 cm³/mol. The summed E-state index contributed by atoms with van der Waals surface area (Å²) in [5.74, 6) is 0.253. The van der Waals surface area contributed by atoms with Crippen LogP contribution in [0.1, 0.15) is 35.5 Å². The molecule has 174 valence electrons. The Morgan fingerprint density at radius 2 is 1.91 bits per heavy atom. The lowest BCUT2D eigenvalue weighted by Gasteiger charge is -2.19. The molecule has 0 atom stereocenters. The molecule has 1 aliphatic heterocycles. The fourth-order valence-electron chi connectivity index (χ4n) is 3.03. The highest BCUT2D eigenvalue weighted by Crippen LogP contribution is 2.38. The first kappa shape index (κ1) is 22.8. The topological polar surface area (TPSA) is 145 Å². The third-order valence-corrected chi connectivity index (χ3v) is 6.59. The van der Waals surface area contributed by atoms with Crippen LogP contribution in [-0.4, -0.2) is 45.1 Å². The highest BCUT2D eigenvalue weighted by Gasteiger charge is 2.35. The molecule has 4 N–H and O–H groups in total. The number of carbonyl (C=O) groups excluding carboxylic acids is 1. The quantitative estimate of drug-likeness (QED) is 0.436. The Morgan fingerprint density at radius 3 is 2.58 bits per heavy atom. The minimum Gasteiger partial charge on any atom is -0.338 e. The van der Waals surface area contributed by atoms with Crippen molar-refractivity contribution in [2.45, 2.75) is 25.9 Å². The van der Waals surface area contributed by atoms with Gasteiger partial charge in [0.05, 0.1) is 6.54 Å². The van der Waals surface area contributed by atoms with Gasteiger partial charge in [0.15, 0.2) is 11.2 Å². The van der Waals surface area contributed by atoms with E-state index < -0.39 is 29.0 Å². The molecule has 3 aromatic heterocycles. The second-order valence-corrected chi connectivity index (χ2v) is 8.78. The van der Waals surface area contributed by atoms with Crippen molar-refractivity contribution >= 4 is 55.9 Å². The van der Waals surface area contributed by atoms with E-state index in [1.54, 1.807) is 0 Å². The van der Waals surface area contributed by atoms with Crippen LogP contribution in [0.3, 0.4) is 0 Å². The van der Waals surface area contributed by atoms with Crippen molar-refractivity contribution in [3.63, 3.8) is 0 Å². The number of fused-ring (bicyclic) bond motifs is 1. The number of aliphatic imine (C=N–C) groups is 1. The van der Waals surface area contributed by atoms with E-state index in [9.17, 15) is 27.6 Å². The Labute approximate surface area is 190 Å². The first-order chi connectivity index (χ1) is 15.7. The second-order valence-electron chi connectivity index (χ2n) is 6.92. The van der Waals surface area contributed by atoms with Crippen molar-refractivity contribution < 1.29 is 18.0 Å². The van der Waals surface area contributed by atoms with E-state index in [0.717, 1.165) is 34.5 Å². The van der Waals surface area contributed by atoms with E-state index >= 15 is 0 Å². The van der Waals surface area contributed by atoms with E-state index in [-0.39, 0.29) is 39.0 Å². The standard InChI is InChI=1S/C18H16F3N7O3S2/c1-2-3-22-17(31)25-10-4-7(15-24-9(6-32-15)18(19,20)21)8(5-23-10)16-26-11-12(33-16)14(30)28-27-13(11)29/h6H,2-5H2,1H3,(H,27,29)(H,28,30)(H2,22,23,25,31). The summed E-state index contributed by atoms with van der Waals surface area (Å²) in [4.78, 5) is 48.4. The smallest absolute Gasteiger partial charge is 0.338 e. The summed E-state index contributed by atoms with van der Waals surface area (Å²) in [7, 11) is 0. The lowest BCUT2D eigenvalue weighted by atomic mass is 10.0. The number of thiazole rings is 2. The van der Waals surface area contributed by atoms with Crippen molar-refractivity contribution in [2.24, 2.45) is 4.99 Å². The molecule has 0 saturated carbocycles. The Balaban J connectivity index is 1.77. The fourth-order valence-corrected chi connectivity index (χ4v) is 4.95. The number of dihydropyridines is 1. The molecule has 33 heavy (non-hydrogen) atoms. The molecule has 4 heterocycles. The van der Waals surface area contributed by atoms with Gasteiger partial charge in [-0.15, -0.1) is 22.7 Å². The number of nitrogens with one attached hydrogen (secondary N) is 4. The normalized spacial score (nSPS) is 14.5. The number of urea groups is 1. The van der Waals surface area contributed by atoms with E-state index in [4.69, 9.17) is 0 Å². The molecule has 4 rings (SSSR count). The molecule has 2 amide bonds. The largest absolute Gasteiger partial charge is 0.434 e. The van der Waals surface area contributed by atoms with Gasteiger partial charge in [0.1, 0.15) is 20.6 Å². The van der Waals surface area contributed by atoms with E-state index in [2.05, 4.69) is 35.8 Å². The van der Waals surface area contributed by atoms with Gasteiger partial charge in [-0.25, -0.2) is 14.8 Å². The number of nitrogens with zero attached hydrogens (tertiary/aromatic N) is 3. The molecule has 0 spiro atoms. The van der Waals surface area contributed by atoms with E-state index in [0.29, 0.717) is 17.7 Å². The lowest BCUT2D eigenvalue weighted by Crippen LogP contribution is -2.40. The molecule has 10 nitrogen and oxygen atoms in total. The van der Waals surface area contributed by atoms with Crippen LogP contribution in [0.5, 0.6) is 0 Å². The third kappa shape index (κ3) is 4.73. The number of halogens is 3. The van der Waals surface area contributed by atoms with Crippen LogP contribution in [0, 0.1) is 0 Å². The Kier molecular flexibility index (Phi) is 6.16. The number of hydrogen-bond donors (Lipinski definition) is 4. The zero-order chi connectivity index (χ0) is 23.8. The molecule has 3 aromatic rings. The van der Waals surface area contributed by atoms with Crippen molar-refractivity contribution in [3.05, 3.63) is 41.8 Å². The summed E-state index contributed by atoms with van der Waals surface area (Å²) < 4.78 is 39.5. The highest BCUT2D eigenvalue weighted by molar-refractivity contribution is 7.19. The summed E-state index contributed by atoms with van der Waals surface area (Å²) >= 11 is 1.73. The molecular weight excluding hydrogens is 483 g/mol. The summed E-state index contributed by atoms with van der Waals surface area (Å²) in [6, 6.07) is -0.480. The van der Waals surface area contributed by atoms with Crippen LogP contribution >= 0.6 is 22.7 Å². The fraction of sp³-hybridized carbons (Fsp3) is 0.333. The zero-order valence-electron chi connectivity index (χ0n) is 16.9. The number of H-pyrrole nitrogens is 2. The van der Waals surface area contributed by atoms with Crippen LogP contribution in [0.4, 0.5) is 18.0 Å². The summed E-state index contributed by atoms with van der Waals surface area (Å²) in [5.41, 5.74) is -1.45. The van der Waals surface area contributed by atoms with Gasteiger partial charge in [-0.05, 0) is 6.42 Å². The first-order valence-corrected chi connectivity index (χ1v) is 11.3. The van der Waals surface area contributed by atoms with Gasteiger partial charge >= 0.3 is 12.2 Å². The molecule has 0 radical (unpaired) electrons. The summed E-state index contributed by atoms with van der Waals surface area (Å²) in [6.07, 6.45) is -3.90. The van der Waals surface area contributed by atoms with E-state index in [1.165, 1.54) is 0 Å². The number of hydrogen-bond acceptors (Lipinski definition) is 8. The van der Waals surface area contributed by atoms with Crippen molar-refractivity contribution in [2.75, 3.05) is 13.1 Å². The number of aromatic amines is 2. The number of aromatic nitrogens is 4. The molecule has 0 aromatic carbocycles. The molecule has 15 heteroatoms. The number of alkyl halides is 3. The van der Waals surface area contributed by atoms with Gasteiger partial charge in [-0.2, -0.15) is 13.2 Å². The maximum atomic E-state index is 13.1. The van der Waals surface area contributed by atoms with Crippen LogP contribution in [0.2, 0.25) is 0 Å². The van der Waals surface area contributed by atoms with Gasteiger partial charge in [0, 0.05) is 29.5 Å². The van der Waals surface area contributed by atoms with Crippen LogP contribution in [0.25, 0.3) is 21.4 Å². The molecule has 1 aliphatic rings. The van der Waals surface area contributed by atoms with Crippen LogP contribution in [0.15, 0.2) is 20.0 Å². The minimum absolute atomic E-state index is 0.0116. The average Bonchev–Trinajstić information content (AvgIpc) is 3.43. The van der Waals surface area contributed by atoms with Crippen LogP contribution < -0.4 is 21.8 Å². The number of amidine groups is 1. The summed E-state index contributed by atoms with van der Waals surface area (Å²) in [6.45, 7) is 2.30. The Morgan fingerprint density at radius 1 is 1.15 bits per heavy atom. The molecule has 0 unspecified atom stereocenters. The monoisotopic (exact) mass is 499 g/mol. The lowest BCUT2D eigenvalue weighted by molar-refractivity contribution is -0.140. The van der Waals surface area contributed by atoms with Gasteiger partial charge in [0.25, 0.3) is 11.1 Å². The number of carbonyl (C=O) groups is 1. The van der Waals surface area contributed by atoms with Crippen molar-refractivity contribution in [1.29, 1.82) is 0 Å². The third-order valence-electron chi connectivity index (χ3n) is 4.58. The van der Waals surface area contributed by atoms with Gasteiger partial charge in [-0.1, -0.05) is 6.92 Å². The molecule has 0 saturated heterocycles. The second kappa shape index (κ2) is 8.90. The SMILES string of the molecule is CCCNC(=O)NC1=NCC(c2nc3c(=O)[nH][nH]c(=O)c3s2)=C(c2nc(C(F)(F)F)cs2)C1. The molecule has 0 fully saturated rings. The van der Waals surface area contributed by atoms with Crippen LogP contribution in [-0.2, 0) is 6.18 Å². The first-order valence-electron chi connectivity index (χ1n) is 9.62. The number of rotatable bonds is 4. The number of amides is 2. The molecule has 0 aliphatic carbocycles. The molecular formula is C18H16F3N7O3S2. The van der Waals surface area contributed by atoms with Gasteiger partial charge < -0.3 is 5.32 Å². The Bertz CT molecular complexity index is 1350. The van der Waals surface area contributed by atoms with E-state index in [1.807, 2.05) is 6.92 Å². The van der Waals surface area contributed by atoms with Crippen molar-refractivity contribution in [1.82, 2.24) is 30.8 Å². The van der Waals surface area contributed by atoms with Crippen molar-refractivity contribution in [3.8, 4) is 0 Å². The Hall–Kier alpha value is -3.33. The minimum atomic E-state index is -4.62.